The van der Waals surface area contributed by atoms with Crippen LogP contribution < -0.4 is 5.32 Å². The Morgan fingerprint density at radius 3 is 2.52 bits per heavy atom. The van der Waals surface area contributed by atoms with Crippen LogP contribution in [0.4, 0.5) is 0 Å². The standard InChI is InChI=1S/C16H23NO4/c1-16(2)8-11(5-6-21-16)17-14(18)12-9-3-4-10(7-9)13(12)15(19)20/h3-4,9-13H,5-8H2,1-2H3,(H,17,18)(H,19,20)/t9?,10?,11?,12-,13+/m0/s1. The molecule has 1 amide bonds. The van der Waals surface area contributed by atoms with Crippen molar-refractivity contribution in [3.8, 4) is 0 Å². The number of carboxylic acid groups (broad SMARTS) is 1. The summed E-state index contributed by atoms with van der Waals surface area (Å²) in [4.78, 5) is 24.0. The van der Waals surface area contributed by atoms with Gasteiger partial charge in [0.1, 0.15) is 0 Å². The van der Waals surface area contributed by atoms with E-state index in [0.717, 1.165) is 19.3 Å². The van der Waals surface area contributed by atoms with Crippen molar-refractivity contribution in [3.05, 3.63) is 12.2 Å². The van der Waals surface area contributed by atoms with Crippen LogP contribution in [-0.4, -0.2) is 35.2 Å². The molecule has 3 rings (SSSR count). The summed E-state index contributed by atoms with van der Waals surface area (Å²) < 4.78 is 5.65. The molecule has 1 heterocycles. The average Bonchev–Trinajstić information content (AvgIpc) is 2.97. The first-order valence-electron chi connectivity index (χ1n) is 7.73. The molecule has 2 fully saturated rings. The van der Waals surface area contributed by atoms with Crippen molar-refractivity contribution in [3.63, 3.8) is 0 Å². The predicted octanol–water partition coefficient (Wildman–Crippen LogP) is 1.58. The van der Waals surface area contributed by atoms with Crippen molar-refractivity contribution in [2.24, 2.45) is 23.7 Å². The number of amides is 1. The van der Waals surface area contributed by atoms with Crippen molar-refractivity contribution < 1.29 is 19.4 Å². The van der Waals surface area contributed by atoms with Crippen LogP contribution in [0.2, 0.25) is 0 Å². The number of hydrogen-bond acceptors (Lipinski definition) is 3. The summed E-state index contributed by atoms with van der Waals surface area (Å²) in [7, 11) is 0. The highest BCUT2D eigenvalue weighted by molar-refractivity contribution is 5.87. The SMILES string of the molecule is CC1(C)CC(NC(=O)[C@H]2C3C=CC(C3)[C@H]2C(=O)O)CCO1. The number of carbonyl (C=O) groups is 2. The van der Waals surface area contributed by atoms with Crippen LogP contribution in [0.15, 0.2) is 12.2 Å². The first-order valence-corrected chi connectivity index (χ1v) is 7.73. The number of carboxylic acids is 1. The molecule has 0 aromatic carbocycles. The van der Waals surface area contributed by atoms with Crippen molar-refractivity contribution in [1.29, 1.82) is 0 Å². The van der Waals surface area contributed by atoms with Crippen LogP contribution in [0.3, 0.4) is 0 Å². The maximum Gasteiger partial charge on any atom is 0.307 e. The van der Waals surface area contributed by atoms with E-state index in [0.29, 0.717) is 6.61 Å². The molecule has 2 bridgehead atoms. The van der Waals surface area contributed by atoms with Gasteiger partial charge in [0.05, 0.1) is 17.4 Å². The second-order valence-electron chi connectivity index (χ2n) is 7.14. The summed E-state index contributed by atoms with van der Waals surface area (Å²) >= 11 is 0. The Bertz CT molecular complexity index is 485. The van der Waals surface area contributed by atoms with Gasteiger partial charge >= 0.3 is 5.97 Å². The molecule has 5 heteroatoms. The third-order valence-corrected chi connectivity index (χ3v) is 5.09. The van der Waals surface area contributed by atoms with E-state index in [-0.39, 0.29) is 29.4 Å². The molecule has 1 aliphatic heterocycles. The summed E-state index contributed by atoms with van der Waals surface area (Å²) in [6.07, 6.45) is 6.35. The van der Waals surface area contributed by atoms with Crippen LogP contribution in [0.1, 0.15) is 33.1 Å². The third-order valence-electron chi connectivity index (χ3n) is 5.09. The van der Waals surface area contributed by atoms with Crippen LogP contribution >= 0.6 is 0 Å². The molecule has 3 unspecified atom stereocenters. The molecule has 2 aliphatic carbocycles. The molecule has 1 saturated heterocycles. The highest BCUT2D eigenvalue weighted by Crippen LogP contribution is 2.48. The van der Waals surface area contributed by atoms with Crippen molar-refractivity contribution >= 4 is 11.9 Å². The molecule has 0 aromatic rings. The van der Waals surface area contributed by atoms with Crippen LogP contribution in [0.5, 0.6) is 0 Å². The molecular formula is C16H23NO4. The molecule has 5 atom stereocenters. The van der Waals surface area contributed by atoms with E-state index in [9.17, 15) is 14.7 Å². The zero-order chi connectivity index (χ0) is 15.2. The van der Waals surface area contributed by atoms with Gasteiger partial charge in [0, 0.05) is 12.6 Å². The van der Waals surface area contributed by atoms with Crippen molar-refractivity contribution in [2.75, 3.05) is 6.61 Å². The van der Waals surface area contributed by atoms with E-state index in [2.05, 4.69) is 5.32 Å². The Hall–Kier alpha value is -1.36. The minimum Gasteiger partial charge on any atom is -0.481 e. The van der Waals surface area contributed by atoms with Gasteiger partial charge in [-0.05, 0) is 44.9 Å². The zero-order valence-corrected chi connectivity index (χ0v) is 12.5. The van der Waals surface area contributed by atoms with Gasteiger partial charge in [-0.15, -0.1) is 0 Å². The first-order chi connectivity index (χ1) is 9.87. The Labute approximate surface area is 124 Å². The maximum atomic E-state index is 12.6. The number of ether oxygens (including phenoxy) is 1. The topological polar surface area (TPSA) is 75.6 Å². The van der Waals surface area contributed by atoms with Crippen molar-refractivity contribution in [2.45, 2.75) is 44.8 Å². The van der Waals surface area contributed by atoms with Gasteiger partial charge in [-0.25, -0.2) is 0 Å². The Morgan fingerprint density at radius 1 is 1.24 bits per heavy atom. The zero-order valence-electron chi connectivity index (χ0n) is 12.5. The Kier molecular flexibility index (Phi) is 3.56. The molecule has 0 aromatic heterocycles. The fourth-order valence-electron chi connectivity index (χ4n) is 4.17. The Balaban J connectivity index is 1.68. The summed E-state index contributed by atoms with van der Waals surface area (Å²) in [5, 5.41) is 12.5. The fourth-order valence-corrected chi connectivity index (χ4v) is 4.17. The summed E-state index contributed by atoms with van der Waals surface area (Å²) in [5.74, 6) is -1.81. The number of fused-ring (bicyclic) bond motifs is 2. The van der Waals surface area contributed by atoms with E-state index >= 15 is 0 Å². The normalized spacial score (nSPS) is 40.2. The number of nitrogens with one attached hydrogen (secondary N) is 1. The highest BCUT2D eigenvalue weighted by Gasteiger charge is 2.52. The lowest BCUT2D eigenvalue weighted by atomic mass is 9.82. The third kappa shape index (κ3) is 2.71. The molecule has 0 spiro atoms. The van der Waals surface area contributed by atoms with Gasteiger partial charge in [0.25, 0.3) is 0 Å². The van der Waals surface area contributed by atoms with Crippen molar-refractivity contribution in [1.82, 2.24) is 5.32 Å². The number of rotatable bonds is 3. The second kappa shape index (κ2) is 5.13. The largest absolute Gasteiger partial charge is 0.481 e. The van der Waals surface area contributed by atoms with E-state index in [4.69, 9.17) is 4.74 Å². The predicted molar refractivity (Wildman–Crippen MR) is 76.5 cm³/mol. The Morgan fingerprint density at radius 2 is 1.90 bits per heavy atom. The highest BCUT2D eigenvalue weighted by atomic mass is 16.5. The first kappa shape index (κ1) is 14.6. The van der Waals surface area contributed by atoms with Gasteiger partial charge in [0.2, 0.25) is 5.91 Å². The van der Waals surface area contributed by atoms with E-state index in [1.807, 2.05) is 26.0 Å². The number of hydrogen-bond donors (Lipinski definition) is 2. The molecule has 5 nitrogen and oxygen atoms in total. The smallest absolute Gasteiger partial charge is 0.307 e. The second-order valence-corrected chi connectivity index (χ2v) is 7.14. The summed E-state index contributed by atoms with van der Waals surface area (Å²) in [5.41, 5.74) is -0.225. The van der Waals surface area contributed by atoms with E-state index in [1.165, 1.54) is 0 Å². The number of aliphatic carboxylic acids is 1. The summed E-state index contributed by atoms with van der Waals surface area (Å²) in [6, 6.07) is 0.0822. The lowest BCUT2D eigenvalue weighted by Gasteiger charge is -2.36. The number of allylic oxidation sites excluding steroid dienone is 2. The monoisotopic (exact) mass is 293 g/mol. The van der Waals surface area contributed by atoms with Gasteiger partial charge in [-0.2, -0.15) is 0 Å². The lowest BCUT2D eigenvalue weighted by molar-refractivity contribution is -0.148. The minimum atomic E-state index is -0.848. The molecular weight excluding hydrogens is 270 g/mol. The summed E-state index contributed by atoms with van der Waals surface area (Å²) in [6.45, 7) is 4.67. The minimum absolute atomic E-state index is 0.0226. The van der Waals surface area contributed by atoms with Gasteiger partial charge in [-0.3, -0.25) is 9.59 Å². The fraction of sp³-hybridized carbons (Fsp3) is 0.750. The average molecular weight is 293 g/mol. The molecule has 0 radical (unpaired) electrons. The molecule has 1 saturated carbocycles. The molecule has 21 heavy (non-hydrogen) atoms. The quantitative estimate of drug-likeness (QED) is 0.775. The van der Waals surface area contributed by atoms with Gasteiger partial charge < -0.3 is 15.2 Å². The molecule has 116 valence electrons. The molecule has 2 N–H and O–H groups in total. The lowest BCUT2D eigenvalue weighted by Crippen LogP contribution is -2.49. The van der Waals surface area contributed by atoms with E-state index < -0.39 is 17.8 Å². The number of carbonyl (C=O) groups excluding carboxylic acids is 1. The van der Waals surface area contributed by atoms with Crippen LogP contribution in [0.25, 0.3) is 0 Å². The van der Waals surface area contributed by atoms with Gasteiger partial charge in [-0.1, -0.05) is 12.2 Å². The van der Waals surface area contributed by atoms with Gasteiger partial charge in [0.15, 0.2) is 0 Å². The van der Waals surface area contributed by atoms with Crippen LogP contribution in [0, 0.1) is 23.7 Å². The van der Waals surface area contributed by atoms with Crippen LogP contribution in [-0.2, 0) is 14.3 Å². The molecule has 3 aliphatic rings. The van der Waals surface area contributed by atoms with E-state index in [1.54, 1.807) is 0 Å². The maximum absolute atomic E-state index is 12.6.